The topological polar surface area (TPSA) is 87.6 Å². The highest BCUT2D eigenvalue weighted by atomic mass is 19.1. The number of rotatable bonds is 5. The van der Waals surface area contributed by atoms with Crippen LogP contribution in [0.1, 0.15) is 12.7 Å². The summed E-state index contributed by atoms with van der Waals surface area (Å²) < 4.78 is 28.8. The van der Waals surface area contributed by atoms with Crippen molar-refractivity contribution in [3.05, 3.63) is 36.0 Å². The molecule has 3 fully saturated rings. The van der Waals surface area contributed by atoms with Crippen LogP contribution < -0.4 is 4.90 Å². The number of benzene rings is 1. The molecule has 0 spiro atoms. The van der Waals surface area contributed by atoms with Crippen LogP contribution in [0.25, 0.3) is 33.5 Å². The van der Waals surface area contributed by atoms with Gasteiger partial charge in [-0.2, -0.15) is 0 Å². The molecule has 6 heterocycles. The summed E-state index contributed by atoms with van der Waals surface area (Å²) in [6.45, 7) is 11.8. The lowest BCUT2D eigenvalue weighted by atomic mass is 10.1. The number of halogens is 1. The summed E-state index contributed by atoms with van der Waals surface area (Å²) in [6, 6.07) is 5.54. The zero-order valence-corrected chi connectivity index (χ0v) is 21.7. The van der Waals surface area contributed by atoms with Crippen molar-refractivity contribution in [2.24, 2.45) is 0 Å². The molecule has 200 valence electrons. The summed E-state index contributed by atoms with van der Waals surface area (Å²) in [5.74, 6) is 1.77. The van der Waals surface area contributed by atoms with Crippen molar-refractivity contribution in [3.8, 4) is 11.4 Å². The first kappa shape index (κ1) is 24.0. The van der Waals surface area contributed by atoms with Crippen molar-refractivity contribution < 1.29 is 13.9 Å². The van der Waals surface area contributed by atoms with Crippen LogP contribution in [0.15, 0.2) is 24.4 Å². The van der Waals surface area contributed by atoms with Crippen LogP contribution in [0.3, 0.4) is 0 Å². The number of hydrogen-bond donors (Lipinski definition) is 1. The molecule has 1 atom stereocenters. The van der Waals surface area contributed by atoms with Gasteiger partial charge in [-0.25, -0.2) is 19.3 Å². The number of anilines is 1. The molecule has 0 unspecified atom stereocenters. The van der Waals surface area contributed by atoms with Crippen LogP contribution in [0, 0.1) is 5.82 Å². The molecular weight excluding hydrogens is 487 g/mol. The minimum Gasteiger partial charge on any atom is -0.378 e. The largest absolute Gasteiger partial charge is 0.378 e. The van der Waals surface area contributed by atoms with Gasteiger partial charge in [-0.3, -0.25) is 9.80 Å². The van der Waals surface area contributed by atoms with Crippen LogP contribution in [0.2, 0.25) is 0 Å². The standard InChI is InChI=1S/C27H33FN8O2/c1-2-36-22(16-33-7-8-34-9-14-38-17-18(34)15-33)30-24-26(35-10-12-37-13-11-35)31-25(32-27(24)36)23-19-5-6-29-21(19)4-3-20(23)28/h3-6,18,29H,2,7-17H2,1H3/t18-/m1/s1. The number of aromatic amines is 1. The third kappa shape index (κ3) is 4.14. The lowest BCUT2D eigenvalue weighted by Gasteiger charge is -2.43. The molecule has 11 heteroatoms. The molecule has 3 aromatic heterocycles. The Hall–Kier alpha value is -3.12. The number of nitrogens with one attached hydrogen (secondary N) is 1. The predicted molar refractivity (Wildman–Crippen MR) is 143 cm³/mol. The minimum absolute atomic E-state index is 0.334. The van der Waals surface area contributed by atoms with E-state index in [1.165, 1.54) is 6.07 Å². The van der Waals surface area contributed by atoms with E-state index in [1.807, 2.05) is 12.3 Å². The monoisotopic (exact) mass is 520 g/mol. The van der Waals surface area contributed by atoms with Crippen LogP contribution in [0.5, 0.6) is 0 Å². The molecule has 1 aromatic carbocycles. The molecular formula is C27H33FN8O2. The van der Waals surface area contributed by atoms with Crippen LogP contribution in [-0.2, 0) is 22.6 Å². The summed E-state index contributed by atoms with van der Waals surface area (Å²) >= 11 is 0. The fourth-order valence-corrected chi connectivity index (χ4v) is 6.08. The molecule has 0 amide bonds. The number of aryl methyl sites for hydroxylation is 1. The van der Waals surface area contributed by atoms with Gasteiger partial charge in [-0.1, -0.05) is 0 Å². The maximum absolute atomic E-state index is 15.3. The van der Waals surface area contributed by atoms with Gasteiger partial charge < -0.3 is 23.9 Å². The van der Waals surface area contributed by atoms with E-state index in [9.17, 15) is 0 Å². The predicted octanol–water partition coefficient (Wildman–Crippen LogP) is 2.49. The zero-order valence-electron chi connectivity index (χ0n) is 21.7. The van der Waals surface area contributed by atoms with Gasteiger partial charge in [0.1, 0.15) is 11.6 Å². The highest BCUT2D eigenvalue weighted by Crippen LogP contribution is 2.34. The number of piperazine rings is 1. The summed E-state index contributed by atoms with van der Waals surface area (Å²) in [6.07, 6.45) is 1.82. The molecule has 4 aromatic rings. The maximum Gasteiger partial charge on any atom is 0.167 e. The molecule has 0 saturated carbocycles. The van der Waals surface area contributed by atoms with E-state index in [4.69, 9.17) is 24.4 Å². The van der Waals surface area contributed by atoms with E-state index in [1.54, 1.807) is 6.07 Å². The third-order valence-corrected chi connectivity index (χ3v) is 8.08. The van der Waals surface area contributed by atoms with Gasteiger partial charge in [-0.15, -0.1) is 0 Å². The number of imidazole rings is 1. The van der Waals surface area contributed by atoms with Gasteiger partial charge >= 0.3 is 0 Å². The molecule has 0 bridgehead atoms. The number of hydrogen-bond acceptors (Lipinski definition) is 8. The van der Waals surface area contributed by atoms with Crippen molar-refractivity contribution >= 4 is 27.9 Å². The number of morpholine rings is 2. The summed E-state index contributed by atoms with van der Waals surface area (Å²) in [7, 11) is 0. The Morgan fingerprint density at radius 2 is 1.87 bits per heavy atom. The van der Waals surface area contributed by atoms with Crippen LogP contribution in [-0.4, -0.2) is 106 Å². The molecule has 3 saturated heterocycles. The minimum atomic E-state index is -0.334. The van der Waals surface area contributed by atoms with E-state index in [0.717, 1.165) is 79.6 Å². The van der Waals surface area contributed by atoms with Gasteiger partial charge in [0.25, 0.3) is 0 Å². The first-order chi connectivity index (χ1) is 18.7. The molecule has 3 aliphatic heterocycles. The van der Waals surface area contributed by atoms with Gasteiger partial charge in [-0.05, 0) is 25.1 Å². The normalized spacial score (nSPS) is 21.4. The van der Waals surface area contributed by atoms with E-state index >= 15 is 4.39 Å². The number of aromatic nitrogens is 5. The number of fused-ring (bicyclic) bond motifs is 3. The van der Waals surface area contributed by atoms with Crippen molar-refractivity contribution in [2.45, 2.75) is 26.1 Å². The molecule has 0 aliphatic carbocycles. The van der Waals surface area contributed by atoms with Crippen molar-refractivity contribution in [1.29, 1.82) is 0 Å². The Morgan fingerprint density at radius 1 is 1.00 bits per heavy atom. The van der Waals surface area contributed by atoms with E-state index in [0.29, 0.717) is 50.3 Å². The molecule has 10 nitrogen and oxygen atoms in total. The molecule has 3 aliphatic rings. The van der Waals surface area contributed by atoms with Crippen molar-refractivity contribution in [2.75, 3.05) is 70.6 Å². The number of nitrogens with zero attached hydrogens (tertiary/aromatic N) is 7. The van der Waals surface area contributed by atoms with Gasteiger partial charge in [0.05, 0.1) is 38.5 Å². The molecule has 38 heavy (non-hydrogen) atoms. The first-order valence-corrected chi connectivity index (χ1v) is 13.6. The van der Waals surface area contributed by atoms with Gasteiger partial charge in [0.15, 0.2) is 22.8 Å². The Morgan fingerprint density at radius 3 is 2.74 bits per heavy atom. The Kier molecular flexibility index (Phi) is 6.23. The van der Waals surface area contributed by atoms with Crippen molar-refractivity contribution in [3.63, 3.8) is 0 Å². The fraction of sp³-hybridized carbons (Fsp3) is 0.519. The lowest BCUT2D eigenvalue weighted by molar-refractivity contribution is -0.0467. The molecule has 0 radical (unpaired) electrons. The Balaban J connectivity index is 1.33. The van der Waals surface area contributed by atoms with E-state index in [-0.39, 0.29) is 5.82 Å². The molecule has 1 N–H and O–H groups in total. The highest BCUT2D eigenvalue weighted by Gasteiger charge is 2.31. The fourth-order valence-electron chi connectivity index (χ4n) is 6.08. The van der Waals surface area contributed by atoms with E-state index < -0.39 is 0 Å². The first-order valence-electron chi connectivity index (χ1n) is 13.6. The average molecular weight is 521 g/mol. The lowest BCUT2D eigenvalue weighted by Crippen LogP contribution is -2.57. The van der Waals surface area contributed by atoms with Crippen molar-refractivity contribution in [1.82, 2.24) is 34.3 Å². The second-order valence-corrected chi connectivity index (χ2v) is 10.3. The smallest absolute Gasteiger partial charge is 0.167 e. The summed E-state index contributed by atoms with van der Waals surface area (Å²) in [5, 5.41) is 0.771. The van der Waals surface area contributed by atoms with Gasteiger partial charge in [0, 0.05) is 69.0 Å². The zero-order chi connectivity index (χ0) is 25.6. The van der Waals surface area contributed by atoms with Crippen LogP contribution >= 0.6 is 0 Å². The second kappa shape index (κ2) is 9.88. The molecule has 7 rings (SSSR count). The van der Waals surface area contributed by atoms with E-state index in [2.05, 4.69) is 31.2 Å². The van der Waals surface area contributed by atoms with Gasteiger partial charge in [0.2, 0.25) is 0 Å². The summed E-state index contributed by atoms with van der Waals surface area (Å²) in [5.41, 5.74) is 2.79. The Bertz CT molecular complexity index is 1460. The quantitative estimate of drug-likeness (QED) is 0.430. The second-order valence-electron chi connectivity index (χ2n) is 10.3. The number of H-pyrrole nitrogens is 1. The SMILES string of the molecule is CCn1c(CN2CCN3CCOC[C@H]3C2)nc2c(N3CCOCC3)nc(-c3c(F)ccc4[nH]ccc34)nc21. The maximum atomic E-state index is 15.3. The third-order valence-electron chi connectivity index (χ3n) is 8.08. The van der Waals surface area contributed by atoms with Crippen LogP contribution in [0.4, 0.5) is 10.2 Å². The summed E-state index contributed by atoms with van der Waals surface area (Å²) in [4.78, 5) is 25.4. The average Bonchev–Trinajstić information content (AvgIpc) is 3.57. The highest BCUT2D eigenvalue weighted by molar-refractivity contribution is 5.95. The Labute approximate surface area is 220 Å². The number of ether oxygens (including phenoxy) is 2.